The first-order valence-corrected chi connectivity index (χ1v) is 7.83. The van der Waals surface area contributed by atoms with Crippen LogP contribution in [0.3, 0.4) is 0 Å². The summed E-state index contributed by atoms with van der Waals surface area (Å²) in [6, 6.07) is 0. The maximum atomic E-state index is 11.7. The molecule has 0 saturated heterocycles. The highest BCUT2D eigenvalue weighted by Crippen LogP contribution is 2.56. The number of aromatic nitrogens is 2. The van der Waals surface area contributed by atoms with Crippen molar-refractivity contribution in [3.8, 4) is 34.5 Å². The summed E-state index contributed by atoms with van der Waals surface area (Å²) < 4.78 is 5.51. The molecule has 1 atom stereocenters. The van der Waals surface area contributed by atoms with Crippen LogP contribution in [0.4, 0.5) is 0 Å². The average Bonchev–Trinajstić information content (AvgIpc) is 2.82. The van der Waals surface area contributed by atoms with Crippen LogP contribution in [-0.4, -0.2) is 87.3 Å². The predicted octanol–water partition coefficient (Wildman–Crippen LogP) is -2.64. The second-order valence-electron chi connectivity index (χ2n) is 6.54. The van der Waals surface area contributed by atoms with Crippen molar-refractivity contribution in [3.63, 3.8) is 0 Å². The lowest BCUT2D eigenvalue weighted by atomic mass is 9.97. The number of nitrogens with zero attached hydrogens (tertiary/aromatic N) is 2. The molecule has 0 radical (unpaired) electrons. The summed E-state index contributed by atoms with van der Waals surface area (Å²) >= 11 is 0. The largest absolute Gasteiger partial charge is 0.504 e. The highest BCUT2D eigenvalue weighted by atomic mass is 16.8. The molecule has 1 aromatic carbocycles. The third-order valence-electron chi connectivity index (χ3n) is 3.91. The second-order valence-corrected chi connectivity index (χ2v) is 6.54. The van der Waals surface area contributed by atoms with Crippen molar-refractivity contribution < 1.29 is 50.7 Å². The molecule has 0 amide bonds. The third kappa shape index (κ3) is 3.62. The molecular weight excluding hydrogens is 398 g/mol. The van der Waals surface area contributed by atoms with Crippen molar-refractivity contribution in [2.24, 2.45) is 7.05 Å². The van der Waals surface area contributed by atoms with Crippen LogP contribution >= 0.6 is 0 Å². The van der Waals surface area contributed by atoms with Crippen molar-refractivity contribution in [3.05, 3.63) is 21.6 Å². The molecule has 10 N–H and O–H groups in total. The molecule has 0 aliphatic rings. The number of aliphatic hydroxyl groups is 3. The zero-order valence-electron chi connectivity index (χ0n) is 15.4. The summed E-state index contributed by atoms with van der Waals surface area (Å²) in [7, 11) is 3.85. The smallest absolute Gasteiger partial charge is 0.306 e. The van der Waals surface area contributed by atoms with Crippen LogP contribution in [0.15, 0.2) is 4.79 Å². The minimum absolute atomic E-state index is 0.656. The van der Waals surface area contributed by atoms with E-state index in [0.29, 0.717) is 4.68 Å². The SMILES string of the molecule is CN(C)CC(O)(O)OC(O)(c1c(O)c(O)c(O)c(O)c1O)c1c(O)c(=O)[nH]n1C. The molecule has 1 unspecified atom stereocenters. The Morgan fingerprint density at radius 1 is 0.897 bits per heavy atom. The Hall–Kier alpha value is -3.17. The quantitative estimate of drug-likeness (QED) is 0.131. The van der Waals surface area contributed by atoms with E-state index in [1.165, 1.54) is 19.0 Å². The number of H-pyrrole nitrogens is 1. The Kier molecular flexibility index (Phi) is 5.35. The number of hydrogen-bond acceptors (Lipinski definition) is 12. The van der Waals surface area contributed by atoms with Gasteiger partial charge in [-0.1, -0.05) is 0 Å². The normalized spacial score (nSPS) is 14.3. The lowest BCUT2D eigenvalue weighted by Crippen LogP contribution is -2.50. The first-order chi connectivity index (χ1) is 13.1. The van der Waals surface area contributed by atoms with Crippen LogP contribution in [0.2, 0.25) is 0 Å². The fourth-order valence-corrected chi connectivity index (χ4v) is 2.82. The van der Waals surface area contributed by atoms with Crippen LogP contribution in [-0.2, 0) is 17.6 Å². The number of benzene rings is 1. The molecule has 1 heterocycles. The van der Waals surface area contributed by atoms with E-state index in [1.807, 2.05) is 5.10 Å². The minimum Gasteiger partial charge on any atom is -0.504 e. The summed E-state index contributed by atoms with van der Waals surface area (Å²) in [4.78, 5) is 12.9. The van der Waals surface area contributed by atoms with E-state index in [1.54, 1.807) is 0 Å². The molecule has 14 heteroatoms. The summed E-state index contributed by atoms with van der Waals surface area (Å²) in [5.41, 5.74) is -3.45. The number of aromatic hydroxyl groups is 6. The first-order valence-electron chi connectivity index (χ1n) is 7.83. The fraction of sp³-hybridized carbons (Fsp3) is 0.400. The average molecular weight is 419 g/mol. The predicted molar refractivity (Wildman–Crippen MR) is 92.3 cm³/mol. The lowest BCUT2D eigenvalue weighted by molar-refractivity contribution is -0.413. The molecule has 1 aromatic heterocycles. The monoisotopic (exact) mass is 419 g/mol. The zero-order valence-corrected chi connectivity index (χ0v) is 15.4. The maximum Gasteiger partial charge on any atom is 0.306 e. The van der Waals surface area contributed by atoms with Gasteiger partial charge in [0, 0.05) is 7.05 Å². The van der Waals surface area contributed by atoms with Gasteiger partial charge in [-0.3, -0.25) is 19.3 Å². The van der Waals surface area contributed by atoms with Gasteiger partial charge in [-0.25, -0.2) is 0 Å². The molecule has 29 heavy (non-hydrogen) atoms. The molecule has 0 aliphatic heterocycles. The number of phenolic OH excluding ortho intramolecular Hbond substituents is 5. The minimum atomic E-state index is -3.46. The summed E-state index contributed by atoms with van der Waals surface area (Å²) in [6.45, 7) is -0.702. The topological polar surface area (TPSA) is 232 Å². The van der Waals surface area contributed by atoms with E-state index < -0.39 is 69.6 Å². The highest BCUT2D eigenvalue weighted by molar-refractivity contribution is 5.69. The van der Waals surface area contributed by atoms with Crippen molar-refractivity contribution in [1.82, 2.24) is 14.7 Å². The van der Waals surface area contributed by atoms with Crippen molar-refractivity contribution in [2.75, 3.05) is 20.6 Å². The van der Waals surface area contributed by atoms with Crippen LogP contribution in [0.5, 0.6) is 34.5 Å². The van der Waals surface area contributed by atoms with Gasteiger partial charge in [0.15, 0.2) is 11.5 Å². The van der Waals surface area contributed by atoms with Gasteiger partial charge in [-0.15, -0.1) is 0 Å². The van der Waals surface area contributed by atoms with Crippen molar-refractivity contribution >= 4 is 0 Å². The standard InChI is InChI=1S/C15H21N3O11/c1-17(2)4-14(26,27)29-15(28,12-11(24)13(25)16-18(12)3)5-6(19)8(21)10(23)9(22)7(5)20/h19-24,26-28H,4H2,1-3H3,(H,16,25). The number of aromatic amines is 1. The van der Waals surface area contributed by atoms with E-state index in [4.69, 9.17) is 4.74 Å². The fourth-order valence-electron chi connectivity index (χ4n) is 2.82. The van der Waals surface area contributed by atoms with Crippen LogP contribution in [0.25, 0.3) is 0 Å². The molecule has 0 fully saturated rings. The van der Waals surface area contributed by atoms with Gasteiger partial charge < -0.3 is 50.9 Å². The van der Waals surface area contributed by atoms with Gasteiger partial charge in [-0.2, -0.15) is 0 Å². The number of rotatable bonds is 6. The molecule has 2 rings (SSSR count). The van der Waals surface area contributed by atoms with E-state index in [2.05, 4.69) is 0 Å². The van der Waals surface area contributed by atoms with E-state index >= 15 is 0 Å². The number of aryl methyl sites for hydroxylation is 1. The number of nitrogens with one attached hydrogen (secondary N) is 1. The summed E-state index contributed by atoms with van der Waals surface area (Å²) in [5, 5.41) is 92.9. The second kappa shape index (κ2) is 7.02. The molecule has 2 aromatic rings. The zero-order chi connectivity index (χ0) is 22.5. The third-order valence-corrected chi connectivity index (χ3v) is 3.91. The Morgan fingerprint density at radius 2 is 1.34 bits per heavy atom. The summed E-state index contributed by atoms with van der Waals surface area (Å²) in [5.74, 6) is -15.1. The Morgan fingerprint density at radius 3 is 1.72 bits per heavy atom. The summed E-state index contributed by atoms with van der Waals surface area (Å²) in [6.07, 6.45) is 0. The first kappa shape index (κ1) is 22.1. The Balaban J connectivity index is 2.92. The molecule has 14 nitrogen and oxygen atoms in total. The molecule has 0 saturated carbocycles. The molecule has 0 aliphatic carbocycles. The van der Waals surface area contributed by atoms with Crippen molar-refractivity contribution in [2.45, 2.75) is 11.8 Å². The number of likely N-dealkylation sites (N-methyl/N-ethyl adjacent to an activating group) is 1. The van der Waals surface area contributed by atoms with E-state index in [0.717, 1.165) is 7.05 Å². The van der Waals surface area contributed by atoms with Gasteiger partial charge in [0.25, 0.3) is 11.8 Å². The van der Waals surface area contributed by atoms with E-state index in [9.17, 15) is 50.8 Å². The van der Waals surface area contributed by atoms with Gasteiger partial charge in [0.1, 0.15) is 11.3 Å². The Labute approximate surface area is 161 Å². The van der Waals surface area contributed by atoms with Gasteiger partial charge >= 0.3 is 5.56 Å². The van der Waals surface area contributed by atoms with Crippen LogP contribution in [0, 0.1) is 0 Å². The molecule has 0 bridgehead atoms. The van der Waals surface area contributed by atoms with Gasteiger partial charge in [0.05, 0.1) is 6.54 Å². The number of phenols is 5. The van der Waals surface area contributed by atoms with Crippen molar-refractivity contribution in [1.29, 1.82) is 0 Å². The molecule has 0 spiro atoms. The van der Waals surface area contributed by atoms with Crippen LogP contribution in [0.1, 0.15) is 11.3 Å². The maximum absolute atomic E-state index is 11.7. The van der Waals surface area contributed by atoms with Gasteiger partial charge in [0.2, 0.25) is 23.0 Å². The van der Waals surface area contributed by atoms with Crippen LogP contribution < -0.4 is 5.56 Å². The molecular formula is C15H21N3O11. The lowest BCUT2D eigenvalue weighted by Gasteiger charge is -2.36. The van der Waals surface area contributed by atoms with Gasteiger partial charge in [-0.05, 0) is 14.1 Å². The van der Waals surface area contributed by atoms with E-state index in [-0.39, 0.29) is 0 Å². The number of ether oxygens (including phenoxy) is 1. The number of hydrogen-bond donors (Lipinski definition) is 10. The molecule has 162 valence electrons. The highest BCUT2D eigenvalue weighted by Gasteiger charge is 2.51. The Bertz CT molecular complexity index is 965.